The Morgan fingerprint density at radius 2 is 1.50 bits per heavy atom. The summed E-state index contributed by atoms with van der Waals surface area (Å²) in [6.07, 6.45) is 5.19. The van der Waals surface area contributed by atoms with Crippen molar-refractivity contribution in [3.8, 4) is 0 Å². The van der Waals surface area contributed by atoms with Crippen molar-refractivity contribution in [2.75, 3.05) is 45.4 Å². The SMILES string of the molecule is CC[S+](C)CCCC[N+](C)(C)C.[I-].[I-]. The fourth-order valence-corrected chi connectivity index (χ4v) is 2.06. The van der Waals surface area contributed by atoms with Gasteiger partial charge in [-0.15, -0.1) is 0 Å². The molecule has 0 aromatic heterocycles. The minimum atomic E-state index is 0. The molecule has 0 fully saturated rings. The van der Waals surface area contributed by atoms with Gasteiger partial charge in [0.05, 0.1) is 33.9 Å². The van der Waals surface area contributed by atoms with Crippen molar-refractivity contribution >= 4 is 10.9 Å². The molecule has 1 unspecified atom stereocenters. The summed E-state index contributed by atoms with van der Waals surface area (Å²) in [6, 6.07) is 0. The molecule has 0 amide bonds. The van der Waals surface area contributed by atoms with Crippen molar-refractivity contribution in [1.82, 2.24) is 0 Å². The van der Waals surface area contributed by atoms with E-state index in [1.54, 1.807) is 0 Å². The first kappa shape index (κ1) is 21.1. The van der Waals surface area contributed by atoms with Crippen LogP contribution < -0.4 is 48.0 Å². The molecule has 0 aliphatic carbocycles. The van der Waals surface area contributed by atoms with E-state index < -0.39 is 0 Å². The number of halogens is 2. The predicted molar refractivity (Wildman–Crippen MR) is 60.8 cm³/mol. The van der Waals surface area contributed by atoms with Gasteiger partial charge in [-0.05, 0) is 24.2 Å². The monoisotopic (exact) mass is 445 g/mol. The molecule has 1 atom stereocenters. The molecule has 0 heterocycles. The molecule has 1 nitrogen and oxygen atoms in total. The zero-order chi connectivity index (χ0) is 9.61. The number of rotatable bonds is 6. The summed E-state index contributed by atoms with van der Waals surface area (Å²) in [6.45, 7) is 3.61. The molecule has 0 aliphatic rings. The van der Waals surface area contributed by atoms with E-state index in [0.29, 0.717) is 10.9 Å². The Labute approximate surface area is 127 Å². The standard InChI is InChI=1S/C10H25NS.2HI/c1-6-12(5)10-8-7-9-11(2,3)4;;/h6-10H2,1-5H3;2*1H/q+2;;/p-2. The molecule has 0 N–H and O–H groups in total. The van der Waals surface area contributed by atoms with Crippen molar-refractivity contribution in [1.29, 1.82) is 0 Å². The third-order valence-corrected chi connectivity index (χ3v) is 4.04. The first-order chi connectivity index (χ1) is 5.45. The maximum absolute atomic E-state index is 2.38. The highest BCUT2D eigenvalue weighted by Gasteiger charge is 2.09. The molecular formula is C10H25I2NS. The summed E-state index contributed by atoms with van der Waals surface area (Å²) in [7, 11) is 7.50. The van der Waals surface area contributed by atoms with Crippen molar-refractivity contribution in [3.05, 3.63) is 0 Å². The van der Waals surface area contributed by atoms with Gasteiger partial charge in [0.1, 0.15) is 11.5 Å². The lowest BCUT2D eigenvalue weighted by atomic mass is 10.3. The van der Waals surface area contributed by atoms with Gasteiger partial charge in [0.2, 0.25) is 0 Å². The Morgan fingerprint density at radius 3 is 1.86 bits per heavy atom. The largest absolute Gasteiger partial charge is 1.00 e. The Kier molecular flexibility index (Phi) is 17.0. The summed E-state index contributed by atoms with van der Waals surface area (Å²) in [4.78, 5) is 0. The van der Waals surface area contributed by atoms with E-state index >= 15 is 0 Å². The molecular weight excluding hydrogens is 420 g/mol. The summed E-state index contributed by atoms with van der Waals surface area (Å²) >= 11 is 0. The van der Waals surface area contributed by atoms with Crippen LogP contribution in [-0.4, -0.2) is 49.9 Å². The highest BCUT2D eigenvalue weighted by molar-refractivity contribution is 7.96. The van der Waals surface area contributed by atoms with Gasteiger partial charge in [0.15, 0.2) is 0 Å². The van der Waals surface area contributed by atoms with Crippen LogP contribution in [0.2, 0.25) is 0 Å². The first-order valence-electron chi connectivity index (χ1n) is 4.85. The van der Waals surface area contributed by atoms with Gasteiger partial charge >= 0.3 is 0 Å². The van der Waals surface area contributed by atoms with Crippen LogP contribution in [0.4, 0.5) is 0 Å². The highest BCUT2D eigenvalue weighted by Crippen LogP contribution is 2.01. The Bertz CT molecular complexity index is 115. The van der Waals surface area contributed by atoms with E-state index in [4.69, 9.17) is 0 Å². The lowest BCUT2D eigenvalue weighted by Crippen LogP contribution is -3.00. The van der Waals surface area contributed by atoms with Crippen molar-refractivity contribution in [2.24, 2.45) is 0 Å². The zero-order valence-electron chi connectivity index (χ0n) is 10.1. The molecule has 0 aromatic rings. The molecule has 0 rings (SSSR count). The fourth-order valence-electron chi connectivity index (χ4n) is 1.08. The average Bonchev–Trinajstić information content (AvgIpc) is 1.96. The fraction of sp³-hybridized carbons (Fsp3) is 1.00. The van der Waals surface area contributed by atoms with Crippen molar-refractivity contribution in [2.45, 2.75) is 19.8 Å². The molecule has 0 aliphatic heterocycles. The topological polar surface area (TPSA) is 0 Å². The van der Waals surface area contributed by atoms with E-state index in [2.05, 4.69) is 34.3 Å². The lowest BCUT2D eigenvalue weighted by Gasteiger charge is -2.23. The lowest BCUT2D eigenvalue weighted by molar-refractivity contribution is -0.870. The van der Waals surface area contributed by atoms with Gasteiger partial charge in [0.25, 0.3) is 0 Å². The summed E-state index contributed by atoms with van der Waals surface area (Å²) in [5.74, 6) is 2.81. The van der Waals surface area contributed by atoms with Crippen molar-refractivity contribution < 1.29 is 52.4 Å². The summed E-state index contributed by atoms with van der Waals surface area (Å²) < 4.78 is 1.11. The average molecular weight is 445 g/mol. The summed E-state index contributed by atoms with van der Waals surface area (Å²) in [5, 5.41) is 0. The van der Waals surface area contributed by atoms with Gasteiger partial charge < -0.3 is 52.4 Å². The number of nitrogens with zero attached hydrogens (tertiary/aromatic N) is 1. The van der Waals surface area contributed by atoms with Crippen LogP contribution in [0.25, 0.3) is 0 Å². The minimum Gasteiger partial charge on any atom is -1.00 e. The highest BCUT2D eigenvalue weighted by atomic mass is 127. The van der Waals surface area contributed by atoms with Crippen LogP contribution in [0, 0.1) is 0 Å². The predicted octanol–water partition coefficient (Wildman–Crippen LogP) is -4.25. The van der Waals surface area contributed by atoms with Gasteiger partial charge in [-0.1, -0.05) is 0 Å². The number of unbranched alkanes of at least 4 members (excludes halogenated alkanes) is 1. The second-order valence-corrected chi connectivity index (χ2v) is 7.04. The van der Waals surface area contributed by atoms with Gasteiger partial charge in [-0.2, -0.15) is 0 Å². The van der Waals surface area contributed by atoms with Gasteiger partial charge in [-0.3, -0.25) is 0 Å². The van der Waals surface area contributed by atoms with Gasteiger partial charge in [0, 0.05) is 6.42 Å². The second-order valence-electron chi connectivity index (χ2n) is 4.50. The second kappa shape index (κ2) is 11.3. The number of hydrogen-bond acceptors (Lipinski definition) is 0. The first-order valence-corrected chi connectivity index (χ1v) is 6.82. The van der Waals surface area contributed by atoms with Crippen LogP contribution in [0.5, 0.6) is 0 Å². The molecule has 0 spiro atoms. The van der Waals surface area contributed by atoms with Crippen LogP contribution in [0.1, 0.15) is 19.8 Å². The molecule has 4 heteroatoms. The van der Waals surface area contributed by atoms with Crippen LogP contribution in [0.3, 0.4) is 0 Å². The van der Waals surface area contributed by atoms with E-state index in [-0.39, 0.29) is 48.0 Å². The smallest absolute Gasteiger partial charge is 0.108 e. The Hall–Kier alpha value is 1.77. The molecule has 90 valence electrons. The van der Waals surface area contributed by atoms with E-state index in [1.165, 1.54) is 30.9 Å². The normalized spacial score (nSPS) is 12.6. The van der Waals surface area contributed by atoms with Gasteiger partial charge in [-0.25, -0.2) is 0 Å². The maximum Gasteiger partial charge on any atom is 0.108 e. The Balaban J connectivity index is -0.000000605. The minimum absolute atomic E-state index is 0. The summed E-state index contributed by atoms with van der Waals surface area (Å²) in [5.41, 5.74) is 0. The third kappa shape index (κ3) is 16.2. The molecule has 0 saturated carbocycles. The van der Waals surface area contributed by atoms with Crippen LogP contribution in [-0.2, 0) is 10.9 Å². The van der Waals surface area contributed by atoms with Crippen LogP contribution in [0.15, 0.2) is 0 Å². The van der Waals surface area contributed by atoms with E-state index in [1.807, 2.05) is 0 Å². The number of quaternary nitrogens is 1. The molecule has 14 heavy (non-hydrogen) atoms. The molecule has 0 bridgehead atoms. The number of hydrogen-bond donors (Lipinski definition) is 0. The molecule has 0 radical (unpaired) electrons. The quantitative estimate of drug-likeness (QED) is 0.168. The molecule has 0 aromatic carbocycles. The molecule has 0 saturated heterocycles. The zero-order valence-corrected chi connectivity index (χ0v) is 15.3. The maximum atomic E-state index is 2.38. The van der Waals surface area contributed by atoms with Crippen molar-refractivity contribution in [3.63, 3.8) is 0 Å². The van der Waals surface area contributed by atoms with Crippen LogP contribution >= 0.6 is 0 Å². The van der Waals surface area contributed by atoms with E-state index in [0.717, 1.165) is 4.48 Å². The Morgan fingerprint density at radius 1 is 1.00 bits per heavy atom. The van der Waals surface area contributed by atoms with E-state index in [9.17, 15) is 0 Å². The third-order valence-electron chi connectivity index (χ3n) is 2.06.